The number of nitrogens with zero attached hydrogens (tertiary/aromatic N) is 1. The molecule has 7 nitrogen and oxygen atoms in total. The maximum atomic E-state index is 11.0. The number of thioether (sulfide) groups is 2. The van der Waals surface area contributed by atoms with Gasteiger partial charge in [0.15, 0.2) is 0 Å². The van der Waals surface area contributed by atoms with Crippen molar-refractivity contribution >= 4 is 35.5 Å². The molecule has 0 bridgehead atoms. The molecule has 0 spiro atoms. The summed E-state index contributed by atoms with van der Waals surface area (Å²) in [6, 6.07) is 4.45. The Bertz CT molecular complexity index is 553. The zero-order chi connectivity index (χ0) is 15.7. The summed E-state index contributed by atoms with van der Waals surface area (Å²) in [5.74, 6) is -0.709. The van der Waals surface area contributed by atoms with Crippen molar-refractivity contribution in [3.05, 3.63) is 29.6 Å². The Kier molecular flexibility index (Phi) is 4.57. The minimum atomic E-state index is -0.858. The lowest BCUT2D eigenvalue weighted by atomic mass is 10.2. The molecule has 4 N–H and O–H groups in total. The number of pyridine rings is 1. The quantitative estimate of drug-likeness (QED) is 0.627. The fourth-order valence-electron chi connectivity index (χ4n) is 2.33. The van der Waals surface area contributed by atoms with Gasteiger partial charge in [0.05, 0.1) is 22.1 Å². The fraction of sp³-hybridized carbons (Fsp3) is 0.462. The number of rotatable bonds is 4. The Labute approximate surface area is 135 Å². The zero-order valence-corrected chi connectivity index (χ0v) is 13.1. The van der Waals surface area contributed by atoms with Crippen LogP contribution in [-0.2, 0) is 9.59 Å². The average Bonchev–Trinajstić information content (AvgIpc) is 3.17. The number of carboxylic acid groups (broad SMARTS) is 2. The van der Waals surface area contributed by atoms with Crippen molar-refractivity contribution in [1.29, 1.82) is 0 Å². The third-order valence-corrected chi connectivity index (χ3v) is 5.96. The first-order valence-electron chi connectivity index (χ1n) is 6.72. The van der Waals surface area contributed by atoms with Crippen molar-refractivity contribution in [1.82, 2.24) is 15.6 Å². The van der Waals surface area contributed by atoms with Crippen LogP contribution in [-0.4, -0.2) is 50.7 Å². The standard InChI is InChI=1S/C13H15N3O4S2/c17-12(18)8-4-21-10(15-8)6-2-1-3-7(14-6)11-16-9(5-22-11)13(19)20/h1-3,8-11,15-16H,4-5H2,(H,17,18)(H,19,20)/t8-,9-,10?,11?/m0/s1. The van der Waals surface area contributed by atoms with Crippen LogP contribution in [0.3, 0.4) is 0 Å². The monoisotopic (exact) mass is 341 g/mol. The molecule has 1 aromatic rings. The van der Waals surface area contributed by atoms with E-state index in [1.165, 1.54) is 23.5 Å². The van der Waals surface area contributed by atoms with Gasteiger partial charge in [0, 0.05) is 11.5 Å². The molecule has 0 saturated carbocycles. The summed E-state index contributed by atoms with van der Waals surface area (Å²) in [5, 5.41) is 23.8. The van der Waals surface area contributed by atoms with Gasteiger partial charge in [-0.1, -0.05) is 6.07 Å². The number of carboxylic acids is 2. The Morgan fingerprint density at radius 3 is 1.82 bits per heavy atom. The van der Waals surface area contributed by atoms with Crippen LogP contribution in [0, 0.1) is 0 Å². The van der Waals surface area contributed by atoms with Crippen LogP contribution in [0.25, 0.3) is 0 Å². The second-order valence-electron chi connectivity index (χ2n) is 5.03. The van der Waals surface area contributed by atoms with Gasteiger partial charge in [0.25, 0.3) is 0 Å². The van der Waals surface area contributed by atoms with E-state index in [1.54, 1.807) is 0 Å². The normalized spacial score (nSPS) is 31.3. The molecule has 1 aromatic heterocycles. The molecule has 4 atom stereocenters. The van der Waals surface area contributed by atoms with Gasteiger partial charge in [0.1, 0.15) is 12.1 Å². The van der Waals surface area contributed by atoms with E-state index in [1.807, 2.05) is 18.2 Å². The minimum Gasteiger partial charge on any atom is -0.480 e. The highest BCUT2D eigenvalue weighted by Crippen LogP contribution is 2.35. The lowest BCUT2D eigenvalue weighted by Crippen LogP contribution is -2.34. The molecule has 3 rings (SSSR count). The number of carbonyl (C=O) groups is 2. The predicted octanol–water partition coefficient (Wildman–Crippen LogP) is 0.658. The SMILES string of the molecule is O=C(O)[C@@H]1CSC(c2cccc(C3N[C@H](C(=O)O)CS3)n2)N1. The second kappa shape index (κ2) is 6.45. The van der Waals surface area contributed by atoms with Crippen molar-refractivity contribution in [2.75, 3.05) is 11.5 Å². The molecule has 9 heteroatoms. The lowest BCUT2D eigenvalue weighted by Gasteiger charge is -2.15. The van der Waals surface area contributed by atoms with E-state index >= 15 is 0 Å². The maximum Gasteiger partial charge on any atom is 0.321 e. The third-order valence-electron chi connectivity index (χ3n) is 3.49. The topological polar surface area (TPSA) is 112 Å². The van der Waals surface area contributed by atoms with Crippen molar-refractivity contribution in [3.63, 3.8) is 0 Å². The highest BCUT2D eigenvalue weighted by molar-refractivity contribution is 8.00. The molecule has 0 amide bonds. The Morgan fingerprint density at radius 2 is 1.45 bits per heavy atom. The molecule has 118 valence electrons. The largest absolute Gasteiger partial charge is 0.480 e. The number of hydrogen-bond donors (Lipinski definition) is 4. The highest BCUT2D eigenvalue weighted by atomic mass is 32.2. The molecule has 0 aromatic carbocycles. The van der Waals surface area contributed by atoms with Crippen molar-refractivity contribution < 1.29 is 19.8 Å². The summed E-state index contributed by atoms with van der Waals surface area (Å²) in [6.45, 7) is 0. The predicted molar refractivity (Wildman–Crippen MR) is 83.8 cm³/mol. The molecular weight excluding hydrogens is 326 g/mol. The van der Waals surface area contributed by atoms with Gasteiger partial charge >= 0.3 is 11.9 Å². The Hall–Kier alpha value is -1.29. The Morgan fingerprint density at radius 1 is 1.00 bits per heavy atom. The van der Waals surface area contributed by atoms with Gasteiger partial charge < -0.3 is 10.2 Å². The molecule has 0 radical (unpaired) electrons. The van der Waals surface area contributed by atoms with Crippen LogP contribution in [0.2, 0.25) is 0 Å². The molecule has 3 heterocycles. The first kappa shape index (κ1) is 15.6. The zero-order valence-electron chi connectivity index (χ0n) is 11.4. The fourth-order valence-corrected chi connectivity index (χ4v) is 4.70. The summed E-state index contributed by atoms with van der Waals surface area (Å²) in [5.41, 5.74) is 1.54. The lowest BCUT2D eigenvalue weighted by molar-refractivity contribution is -0.139. The van der Waals surface area contributed by atoms with Crippen LogP contribution in [0.5, 0.6) is 0 Å². The van der Waals surface area contributed by atoms with Crippen molar-refractivity contribution in [3.8, 4) is 0 Å². The van der Waals surface area contributed by atoms with Crippen LogP contribution in [0.15, 0.2) is 18.2 Å². The first-order valence-corrected chi connectivity index (χ1v) is 8.82. The second-order valence-corrected chi connectivity index (χ2v) is 7.31. The molecule has 0 aliphatic carbocycles. The van der Waals surface area contributed by atoms with E-state index in [-0.39, 0.29) is 10.7 Å². The van der Waals surface area contributed by atoms with Crippen LogP contribution in [0.1, 0.15) is 22.1 Å². The van der Waals surface area contributed by atoms with E-state index < -0.39 is 24.0 Å². The molecule has 2 unspecified atom stereocenters. The Balaban J connectivity index is 1.71. The van der Waals surface area contributed by atoms with Crippen molar-refractivity contribution in [2.24, 2.45) is 0 Å². The summed E-state index contributed by atoms with van der Waals surface area (Å²) in [4.78, 5) is 26.6. The van der Waals surface area contributed by atoms with Gasteiger partial charge in [-0.25, -0.2) is 0 Å². The number of aliphatic carboxylic acids is 2. The van der Waals surface area contributed by atoms with Crippen molar-refractivity contribution in [2.45, 2.75) is 22.8 Å². The van der Waals surface area contributed by atoms with E-state index in [0.29, 0.717) is 11.5 Å². The van der Waals surface area contributed by atoms with Crippen LogP contribution < -0.4 is 10.6 Å². The summed E-state index contributed by atoms with van der Waals surface area (Å²) in [6.07, 6.45) is 0. The minimum absolute atomic E-state index is 0.150. The van der Waals surface area contributed by atoms with Crippen LogP contribution >= 0.6 is 23.5 Å². The third kappa shape index (κ3) is 3.22. The van der Waals surface area contributed by atoms with E-state index in [9.17, 15) is 9.59 Å². The summed E-state index contributed by atoms with van der Waals surface area (Å²) < 4.78 is 0. The van der Waals surface area contributed by atoms with E-state index in [4.69, 9.17) is 10.2 Å². The van der Waals surface area contributed by atoms with Crippen LogP contribution in [0.4, 0.5) is 0 Å². The molecule has 2 saturated heterocycles. The number of nitrogens with one attached hydrogen (secondary N) is 2. The van der Waals surface area contributed by atoms with E-state index in [2.05, 4.69) is 15.6 Å². The van der Waals surface area contributed by atoms with E-state index in [0.717, 1.165) is 11.4 Å². The molecule has 2 aliphatic heterocycles. The molecule has 2 fully saturated rings. The van der Waals surface area contributed by atoms with Gasteiger partial charge in [-0.05, 0) is 12.1 Å². The maximum absolute atomic E-state index is 11.0. The first-order chi connectivity index (χ1) is 10.5. The number of aromatic nitrogens is 1. The number of hydrogen-bond acceptors (Lipinski definition) is 7. The summed E-state index contributed by atoms with van der Waals surface area (Å²) in [7, 11) is 0. The molecule has 2 aliphatic rings. The smallest absolute Gasteiger partial charge is 0.321 e. The van der Waals surface area contributed by atoms with Gasteiger partial charge in [-0.2, -0.15) is 0 Å². The van der Waals surface area contributed by atoms with Gasteiger partial charge in [-0.15, -0.1) is 23.5 Å². The molecule has 22 heavy (non-hydrogen) atoms. The van der Waals surface area contributed by atoms with Gasteiger partial charge in [0.2, 0.25) is 0 Å². The molecular formula is C13H15N3O4S2. The summed E-state index contributed by atoms with van der Waals surface area (Å²) >= 11 is 3.03. The highest BCUT2D eigenvalue weighted by Gasteiger charge is 2.33. The average molecular weight is 341 g/mol. The van der Waals surface area contributed by atoms with Gasteiger partial charge in [-0.3, -0.25) is 25.2 Å².